The average Bonchev–Trinajstić information content (AvgIpc) is 2.45. The molecule has 1 saturated heterocycles. The van der Waals surface area contributed by atoms with Crippen molar-refractivity contribution in [3.63, 3.8) is 0 Å². The van der Waals surface area contributed by atoms with Crippen molar-refractivity contribution in [3.8, 4) is 0 Å². The lowest BCUT2D eigenvalue weighted by Crippen LogP contribution is -2.32. The van der Waals surface area contributed by atoms with E-state index in [1.54, 1.807) is 0 Å². The number of hydrogen-bond donors (Lipinski definition) is 0. The Kier molecular flexibility index (Phi) is 5.69. The van der Waals surface area contributed by atoms with Gasteiger partial charge in [-0.2, -0.15) is 0 Å². The van der Waals surface area contributed by atoms with Gasteiger partial charge in [-0.3, -0.25) is 0 Å². The zero-order chi connectivity index (χ0) is 12.6. The van der Waals surface area contributed by atoms with Crippen molar-refractivity contribution >= 4 is 0 Å². The fraction of sp³-hybridized carbons (Fsp3) is 0.625. The fourth-order valence-corrected chi connectivity index (χ4v) is 2.44. The van der Waals surface area contributed by atoms with Gasteiger partial charge in [-0.25, -0.2) is 0 Å². The molecule has 2 rings (SSSR count). The van der Waals surface area contributed by atoms with Crippen molar-refractivity contribution in [2.75, 3.05) is 26.2 Å². The summed E-state index contributed by atoms with van der Waals surface area (Å²) in [5.41, 5.74) is 2.68. The number of rotatable bonds is 6. The maximum absolute atomic E-state index is 5.75. The first-order valence-corrected chi connectivity index (χ1v) is 7.26. The SMILES string of the molecule is CCc1ccc(COCCN2CCCCC2)cc1. The van der Waals surface area contributed by atoms with E-state index in [2.05, 4.69) is 36.1 Å². The third-order valence-electron chi connectivity index (χ3n) is 3.70. The van der Waals surface area contributed by atoms with E-state index in [4.69, 9.17) is 4.74 Å². The van der Waals surface area contributed by atoms with Crippen molar-refractivity contribution in [2.24, 2.45) is 0 Å². The van der Waals surface area contributed by atoms with E-state index in [0.717, 1.165) is 26.2 Å². The second-order valence-corrected chi connectivity index (χ2v) is 5.12. The van der Waals surface area contributed by atoms with Gasteiger partial charge in [0.15, 0.2) is 0 Å². The van der Waals surface area contributed by atoms with Crippen molar-refractivity contribution in [1.82, 2.24) is 4.90 Å². The molecule has 0 saturated carbocycles. The molecule has 0 radical (unpaired) electrons. The molecule has 1 aliphatic rings. The average molecular weight is 247 g/mol. The molecule has 100 valence electrons. The van der Waals surface area contributed by atoms with Crippen LogP contribution in [0.4, 0.5) is 0 Å². The standard InChI is InChI=1S/C16H25NO/c1-2-15-6-8-16(9-7-15)14-18-13-12-17-10-4-3-5-11-17/h6-9H,2-5,10-14H2,1H3. The number of likely N-dealkylation sites (tertiary alicyclic amines) is 1. The molecule has 1 heterocycles. The molecule has 1 aromatic carbocycles. The van der Waals surface area contributed by atoms with Gasteiger partial charge < -0.3 is 9.64 Å². The molecule has 18 heavy (non-hydrogen) atoms. The van der Waals surface area contributed by atoms with Crippen LogP contribution in [0.5, 0.6) is 0 Å². The predicted octanol–water partition coefficient (Wildman–Crippen LogP) is 3.25. The number of hydrogen-bond acceptors (Lipinski definition) is 2. The van der Waals surface area contributed by atoms with E-state index in [1.807, 2.05) is 0 Å². The van der Waals surface area contributed by atoms with Crippen LogP contribution in [-0.2, 0) is 17.8 Å². The summed E-state index contributed by atoms with van der Waals surface area (Å²) in [4.78, 5) is 2.52. The van der Waals surface area contributed by atoms with Gasteiger partial charge in [0.25, 0.3) is 0 Å². The minimum Gasteiger partial charge on any atom is -0.375 e. The third kappa shape index (κ3) is 4.43. The number of nitrogens with zero attached hydrogens (tertiary/aromatic N) is 1. The summed E-state index contributed by atoms with van der Waals surface area (Å²) in [6.45, 7) is 7.40. The van der Waals surface area contributed by atoms with Gasteiger partial charge >= 0.3 is 0 Å². The van der Waals surface area contributed by atoms with E-state index in [-0.39, 0.29) is 0 Å². The highest BCUT2D eigenvalue weighted by atomic mass is 16.5. The van der Waals surface area contributed by atoms with Crippen LogP contribution in [0.2, 0.25) is 0 Å². The molecule has 2 nitrogen and oxygen atoms in total. The lowest BCUT2D eigenvalue weighted by atomic mass is 10.1. The maximum atomic E-state index is 5.75. The molecule has 0 atom stereocenters. The van der Waals surface area contributed by atoms with Gasteiger partial charge in [-0.1, -0.05) is 37.6 Å². The monoisotopic (exact) mass is 247 g/mol. The zero-order valence-corrected chi connectivity index (χ0v) is 11.5. The molecule has 0 N–H and O–H groups in total. The summed E-state index contributed by atoms with van der Waals surface area (Å²) in [6, 6.07) is 8.76. The Morgan fingerprint density at radius 3 is 2.33 bits per heavy atom. The smallest absolute Gasteiger partial charge is 0.0717 e. The van der Waals surface area contributed by atoms with Crippen LogP contribution >= 0.6 is 0 Å². The Morgan fingerprint density at radius 2 is 1.67 bits per heavy atom. The highest BCUT2D eigenvalue weighted by Gasteiger charge is 2.08. The second-order valence-electron chi connectivity index (χ2n) is 5.12. The molecule has 0 aliphatic carbocycles. The largest absolute Gasteiger partial charge is 0.375 e. The Hall–Kier alpha value is -0.860. The summed E-state index contributed by atoms with van der Waals surface area (Å²) in [7, 11) is 0. The van der Waals surface area contributed by atoms with Crippen LogP contribution in [0.3, 0.4) is 0 Å². The molecule has 1 aliphatic heterocycles. The van der Waals surface area contributed by atoms with E-state index < -0.39 is 0 Å². The predicted molar refractivity (Wildman–Crippen MR) is 75.8 cm³/mol. The second kappa shape index (κ2) is 7.55. The molecular weight excluding hydrogens is 222 g/mol. The molecule has 0 amide bonds. The Labute approximate surface area is 111 Å². The van der Waals surface area contributed by atoms with Crippen LogP contribution in [0, 0.1) is 0 Å². The fourth-order valence-electron chi connectivity index (χ4n) is 2.44. The van der Waals surface area contributed by atoms with Crippen molar-refractivity contribution < 1.29 is 4.74 Å². The van der Waals surface area contributed by atoms with Gasteiger partial charge in [-0.15, -0.1) is 0 Å². The normalized spacial score (nSPS) is 16.9. The van der Waals surface area contributed by atoms with E-state index >= 15 is 0 Å². The lowest BCUT2D eigenvalue weighted by molar-refractivity contribution is 0.0863. The van der Waals surface area contributed by atoms with Crippen LogP contribution in [0.1, 0.15) is 37.3 Å². The highest BCUT2D eigenvalue weighted by Crippen LogP contribution is 2.09. The molecule has 0 aromatic heterocycles. The Balaban J connectivity index is 1.62. The molecule has 0 unspecified atom stereocenters. The number of aryl methyl sites for hydroxylation is 1. The highest BCUT2D eigenvalue weighted by molar-refractivity contribution is 5.21. The summed E-state index contributed by atoms with van der Waals surface area (Å²) >= 11 is 0. The van der Waals surface area contributed by atoms with E-state index in [0.29, 0.717) is 0 Å². The molecule has 2 heteroatoms. The number of ether oxygens (including phenoxy) is 1. The van der Waals surface area contributed by atoms with Gasteiger partial charge in [0.1, 0.15) is 0 Å². The quantitative estimate of drug-likeness (QED) is 0.715. The van der Waals surface area contributed by atoms with Crippen LogP contribution < -0.4 is 0 Å². The van der Waals surface area contributed by atoms with Gasteiger partial charge in [0, 0.05) is 6.54 Å². The van der Waals surface area contributed by atoms with E-state index in [1.165, 1.54) is 43.5 Å². The van der Waals surface area contributed by atoms with Crippen LogP contribution in [0.15, 0.2) is 24.3 Å². The Bertz CT molecular complexity index is 327. The van der Waals surface area contributed by atoms with E-state index in [9.17, 15) is 0 Å². The minimum atomic E-state index is 0.748. The summed E-state index contributed by atoms with van der Waals surface area (Å²) in [6.07, 6.45) is 5.23. The number of benzene rings is 1. The summed E-state index contributed by atoms with van der Waals surface area (Å²) < 4.78 is 5.75. The van der Waals surface area contributed by atoms with Gasteiger partial charge in [-0.05, 0) is 43.5 Å². The van der Waals surface area contributed by atoms with Crippen molar-refractivity contribution in [3.05, 3.63) is 35.4 Å². The molecule has 1 aromatic rings. The van der Waals surface area contributed by atoms with Crippen molar-refractivity contribution in [2.45, 2.75) is 39.2 Å². The van der Waals surface area contributed by atoms with Crippen LogP contribution in [0.25, 0.3) is 0 Å². The molecule has 0 bridgehead atoms. The first-order valence-electron chi connectivity index (χ1n) is 7.26. The van der Waals surface area contributed by atoms with Crippen molar-refractivity contribution in [1.29, 1.82) is 0 Å². The first kappa shape index (κ1) is 13.6. The molecule has 0 spiro atoms. The minimum absolute atomic E-state index is 0.748. The summed E-state index contributed by atoms with van der Waals surface area (Å²) in [5.74, 6) is 0. The third-order valence-corrected chi connectivity index (χ3v) is 3.70. The van der Waals surface area contributed by atoms with Gasteiger partial charge in [0.2, 0.25) is 0 Å². The molecule has 1 fully saturated rings. The number of piperidine rings is 1. The first-order chi connectivity index (χ1) is 8.88. The lowest BCUT2D eigenvalue weighted by Gasteiger charge is -2.26. The topological polar surface area (TPSA) is 12.5 Å². The zero-order valence-electron chi connectivity index (χ0n) is 11.5. The molecular formula is C16H25NO. The summed E-state index contributed by atoms with van der Waals surface area (Å²) in [5, 5.41) is 0. The van der Waals surface area contributed by atoms with Gasteiger partial charge in [0.05, 0.1) is 13.2 Å². The van der Waals surface area contributed by atoms with Crippen LogP contribution in [-0.4, -0.2) is 31.1 Å². The Morgan fingerprint density at radius 1 is 1.00 bits per heavy atom. The maximum Gasteiger partial charge on any atom is 0.0717 e.